The van der Waals surface area contributed by atoms with Crippen molar-refractivity contribution in [3.05, 3.63) is 99.3 Å². The summed E-state index contributed by atoms with van der Waals surface area (Å²) in [6, 6.07) is 19.9. The van der Waals surface area contributed by atoms with Gasteiger partial charge in [-0.2, -0.15) is 0 Å². The number of fused-ring (bicyclic) bond motifs is 2. The minimum absolute atomic E-state index is 0.0234. The number of halogens is 3. The van der Waals surface area contributed by atoms with Crippen LogP contribution >= 0.6 is 23.2 Å². The van der Waals surface area contributed by atoms with Gasteiger partial charge in [-0.25, -0.2) is 4.39 Å². The minimum Gasteiger partial charge on any atom is -0.489 e. The van der Waals surface area contributed by atoms with Crippen LogP contribution in [0.15, 0.2) is 66.7 Å². The maximum atomic E-state index is 14.3. The molecule has 5 rings (SSSR count). The molecular weight excluding hydrogens is 510 g/mol. The number of carbonyl (C=O) groups excluding carboxylic acids is 1. The highest BCUT2D eigenvalue weighted by Gasteiger charge is 2.49. The van der Waals surface area contributed by atoms with Gasteiger partial charge in [0.2, 0.25) is 0 Å². The number of carbonyl (C=O) groups is 1. The minimum atomic E-state index is -0.226. The third kappa shape index (κ3) is 5.36. The zero-order valence-corrected chi connectivity index (χ0v) is 22.4. The fraction of sp³-hybridized carbons (Fsp3) is 0.367. The lowest BCUT2D eigenvalue weighted by Gasteiger charge is -2.39. The molecule has 2 atom stereocenters. The van der Waals surface area contributed by atoms with E-state index in [1.165, 1.54) is 6.07 Å². The molecule has 7 heteroatoms. The molecule has 1 fully saturated rings. The zero-order valence-electron chi connectivity index (χ0n) is 20.9. The van der Waals surface area contributed by atoms with Crippen molar-refractivity contribution >= 4 is 29.1 Å². The molecule has 1 unspecified atom stereocenters. The van der Waals surface area contributed by atoms with E-state index >= 15 is 0 Å². The van der Waals surface area contributed by atoms with Gasteiger partial charge in [0.05, 0.1) is 10.0 Å². The van der Waals surface area contributed by atoms with Crippen LogP contribution in [0.1, 0.15) is 53.1 Å². The quantitative estimate of drug-likeness (QED) is 0.356. The summed E-state index contributed by atoms with van der Waals surface area (Å²) >= 11 is 12.6. The SMILES string of the molecule is CN(C[C@@H](CCC1Oc2ccc(F)cc2C12CCNCC2)c1ccc(Cl)c(Cl)c1)C(=O)c1ccccc1. The summed E-state index contributed by atoms with van der Waals surface area (Å²) in [4.78, 5) is 14.9. The molecule has 0 bridgehead atoms. The molecule has 4 nitrogen and oxygen atoms in total. The number of ether oxygens (including phenoxy) is 1. The molecule has 0 radical (unpaired) electrons. The highest BCUT2D eigenvalue weighted by Crippen LogP contribution is 2.50. The lowest BCUT2D eigenvalue weighted by atomic mass is 9.69. The van der Waals surface area contributed by atoms with Crippen molar-refractivity contribution in [2.75, 3.05) is 26.7 Å². The van der Waals surface area contributed by atoms with Crippen LogP contribution in [0.2, 0.25) is 10.0 Å². The fourth-order valence-corrected chi connectivity index (χ4v) is 6.24. The molecule has 0 aromatic heterocycles. The van der Waals surface area contributed by atoms with E-state index in [1.54, 1.807) is 17.0 Å². The fourth-order valence-electron chi connectivity index (χ4n) is 5.93. The molecule has 0 aliphatic carbocycles. The van der Waals surface area contributed by atoms with E-state index in [0.29, 0.717) is 22.2 Å². The predicted molar refractivity (Wildman–Crippen MR) is 146 cm³/mol. The molecule has 3 aromatic carbocycles. The number of nitrogens with zero attached hydrogens (tertiary/aromatic N) is 1. The van der Waals surface area contributed by atoms with Gasteiger partial charge in [0.15, 0.2) is 0 Å². The van der Waals surface area contributed by atoms with Gasteiger partial charge in [0, 0.05) is 36.1 Å². The third-order valence-corrected chi connectivity index (χ3v) is 8.65. The van der Waals surface area contributed by atoms with Gasteiger partial charge >= 0.3 is 0 Å². The van der Waals surface area contributed by atoms with Gasteiger partial charge in [0.1, 0.15) is 17.7 Å². The maximum absolute atomic E-state index is 14.3. The van der Waals surface area contributed by atoms with Gasteiger partial charge in [-0.15, -0.1) is 0 Å². The zero-order chi connectivity index (χ0) is 26.0. The average molecular weight is 541 g/mol. The number of nitrogens with one attached hydrogen (secondary N) is 1. The van der Waals surface area contributed by atoms with Crippen LogP contribution in [-0.4, -0.2) is 43.6 Å². The van der Waals surface area contributed by atoms with E-state index < -0.39 is 0 Å². The Morgan fingerprint density at radius 1 is 1.08 bits per heavy atom. The van der Waals surface area contributed by atoms with E-state index in [2.05, 4.69) is 5.32 Å². The standard InChI is InChI=1S/C30H31Cl2FN2O2/c1-35(29(36)20-5-3-2-4-6-20)19-22(21-7-10-25(31)26(32)17-21)8-12-28-30(13-15-34-16-14-30)24-18-23(33)9-11-27(24)37-28/h2-7,9-11,17-18,22,28,34H,8,12-16,19H2,1H3/t22-,28?/m1/s1. The Morgan fingerprint density at radius 3 is 2.57 bits per heavy atom. The molecule has 2 aliphatic rings. The monoisotopic (exact) mass is 540 g/mol. The highest BCUT2D eigenvalue weighted by atomic mass is 35.5. The van der Waals surface area contributed by atoms with Gasteiger partial charge in [-0.3, -0.25) is 4.79 Å². The summed E-state index contributed by atoms with van der Waals surface area (Å²) < 4.78 is 20.7. The van der Waals surface area contributed by atoms with E-state index in [1.807, 2.05) is 55.6 Å². The maximum Gasteiger partial charge on any atom is 0.253 e. The number of amides is 1. The predicted octanol–water partition coefficient (Wildman–Crippen LogP) is 6.85. The Kier molecular flexibility index (Phi) is 7.75. The van der Waals surface area contributed by atoms with Crippen LogP contribution < -0.4 is 10.1 Å². The molecule has 1 N–H and O–H groups in total. The van der Waals surface area contributed by atoms with Crippen LogP contribution in [-0.2, 0) is 5.41 Å². The van der Waals surface area contributed by atoms with Gasteiger partial charge in [-0.05, 0) is 86.8 Å². The van der Waals surface area contributed by atoms with Crippen molar-refractivity contribution in [3.8, 4) is 5.75 Å². The van der Waals surface area contributed by atoms with Crippen molar-refractivity contribution < 1.29 is 13.9 Å². The number of likely N-dealkylation sites (N-methyl/N-ethyl adjacent to an activating group) is 1. The smallest absolute Gasteiger partial charge is 0.253 e. The Hall–Kier alpha value is -2.60. The summed E-state index contributed by atoms with van der Waals surface area (Å²) in [6.07, 6.45) is 3.29. The van der Waals surface area contributed by atoms with E-state index in [9.17, 15) is 9.18 Å². The first-order valence-corrected chi connectivity index (χ1v) is 13.6. The average Bonchev–Trinajstić information content (AvgIpc) is 3.20. The molecule has 1 spiro atoms. The van der Waals surface area contributed by atoms with E-state index in [-0.39, 0.29) is 29.2 Å². The molecule has 37 heavy (non-hydrogen) atoms. The van der Waals surface area contributed by atoms with Gasteiger partial charge in [0.25, 0.3) is 5.91 Å². The van der Waals surface area contributed by atoms with E-state index in [0.717, 1.165) is 55.6 Å². The Labute approximate surface area is 227 Å². The van der Waals surface area contributed by atoms with Crippen molar-refractivity contribution in [1.29, 1.82) is 0 Å². The second-order valence-electron chi connectivity index (χ2n) is 10.2. The number of rotatable bonds is 7. The number of piperidine rings is 1. The molecule has 1 amide bonds. The first-order chi connectivity index (χ1) is 17.9. The summed E-state index contributed by atoms with van der Waals surface area (Å²) in [7, 11) is 1.83. The molecule has 2 heterocycles. The van der Waals surface area contributed by atoms with E-state index in [4.69, 9.17) is 27.9 Å². The number of hydrogen-bond acceptors (Lipinski definition) is 3. The van der Waals surface area contributed by atoms with Gasteiger partial charge in [-0.1, -0.05) is 47.5 Å². The molecule has 2 aliphatic heterocycles. The summed E-state index contributed by atoms with van der Waals surface area (Å²) in [6.45, 7) is 2.27. The first-order valence-electron chi connectivity index (χ1n) is 12.8. The van der Waals surface area contributed by atoms with Crippen LogP contribution in [0.5, 0.6) is 5.75 Å². The summed E-state index contributed by atoms with van der Waals surface area (Å²) in [5.74, 6) is 0.558. The van der Waals surface area contributed by atoms with Crippen LogP contribution in [0.25, 0.3) is 0 Å². The highest BCUT2D eigenvalue weighted by molar-refractivity contribution is 6.42. The second kappa shape index (κ2) is 11.0. The van der Waals surface area contributed by atoms with Crippen molar-refractivity contribution in [3.63, 3.8) is 0 Å². The summed E-state index contributed by atoms with van der Waals surface area (Å²) in [5, 5.41) is 4.44. The van der Waals surface area contributed by atoms with Crippen molar-refractivity contribution in [2.24, 2.45) is 0 Å². The topological polar surface area (TPSA) is 41.6 Å². The first kappa shape index (κ1) is 26.0. The number of hydrogen-bond donors (Lipinski definition) is 1. The van der Waals surface area contributed by atoms with Crippen molar-refractivity contribution in [2.45, 2.75) is 43.1 Å². The molecule has 1 saturated heterocycles. The van der Waals surface area contributed by atoms with Crippen LogP contribution in [0.3, 0.4) is 0 Å². The Bertz CT molecular complexity index is 1260. The lowest BCUT2D eigenvalue weighted by molar-refractivity contribution is 0.0773. The number of benzene rings is 3. The van der Waals surface area contributed by atoms with Gasteiger partial charge < -0.3 is 15.0 Å². The van der Waals surface area contributed by atoms with Crippen molar-refractivity contribution in [1.82, 2.24) is 10.2 Å². The Morgan fingerprint density at radius 2 is 1.84 bits per heavy atom. The normalized spacial score (nSPS) is 18.8. The molecular formula is C30H31Cl2FN2O2. The third-order valence-electron chi connectivity index (χ3n) is 7.91. The summed E-state index contributed by atoms with van der Waals surface area (Å²) in [5.41, 5.74) is 2.46. The molecule has 194 valence electrons. The van der Waals surface area contributed by atoms with Crippen LogP contribution in [0.4, 0.5) is 4.39 Å². The second-order valence-corrected chi connectivity index (χ2v) is 11.0. The molecule has 0 saturated carbocycles. The lowest BCUT2D eigenvalue weighted by Crippen LogP contribution is -2.47. The van der Waals surface area contributed by atoms with Crippen LogP contribution in [0, 0.1) is 5.82 Å². The Balaban J connectivity index is 1.39. The molecule has 3 aromatic rings. The largest absolute Gasteiger partial charge is 0.489 e.